The van der Waals surface area contributed by atoms with Gasteiger partial charge in [0.25, 0.3) is 0 Å². The molecule has 0 spiro atoms. The molecule has 0 aliphatic heterocycles. The molecule has 0 saturated heterocycles. The van der Waals surface area contributed by atoms with Gasteiger partial charge in [0.15, 0.2) is 0 Å². The van der Waals surface area contributed by atoms with Gasteiger partial charge in [-0.15, -0.1) is 0 Å². The highest BCUT2D eigenvalue weighted by molar-refractivity contribution is 7.67. The first-order valence-electron chi connectivity index (χ1n) is 9.98. The van der Waals surface area contributed by atoms with Crippen molar-refractivity contribution in [2.45, 2.75) is 113 Å². The van der Waals surface area contributed by atoms with Crippen molar-refractivity contribution >= 4 is 15.5 Å². The van der Waals surface area contributed by atoms with Gasteiger partial charge < -0.3 is 0 Å². The average Bonchev–Trinajstić information content (AvgIpc) is 2.31. The fourth-order valence-corrected chi connectivity index (χ4v) is 12.7. The van der Waals surface area contributed by atoms with E-state index in [1.807, 2.05) is 0 Å². The Kier molecular flexibility index (Phi) is 9.39. The molecule has 25 heavy (non-hydrogen) atoms. The molecule has 0 aromatic heterocycles. The van der Waals surface area contributed by atoms with Gasteiger partial charge in [0, 0.05) is 29.1 Å². The van der Waals surface area contributed by atoms with Crippen LogP contribution in [-0.2, 0) is 4.57 Å². The van der Waals surface area contributed by atoms with Crippen LogP contribution >= 0.6 is 7.44 Å². The fraction of sp³-hybridized carbons (Fsp3) is 0.900. The normalized spacial score (nSPS) is 15.1. The summed E-state index contributed by atoms with van der Waals surface area (Å²) >= 11 is 0. The highest BCUT2D eigenvalue weighted by atomic mass is 31.2. The van der Waals surface area contributed by atoms with Gasteiger partial charge in [0.05, 0.1) is 8.07 Å². The Morgan fingerprint density at radius 1 is 0.720 bits per heavy atom. The van der Waals surface area contributed by atoms with Gasteiger partial charge in [-0.05, 0) is 61.3 Å². The van der Waals surface area contributed by atoms with E-state index in [1.165, 1.54) is 4.94 Å². The van der Waals surface area contributed by atoms with Crippen molar-refractivity contribution in [1.29, 1.82) is 0 Å². The van der Waals surface area contributed by atoms with Crippen LogP contribution in [0.3, 0.4) is 0 Å². The molecule has 0 bridgehead atoms. The molecular formula is C20H45N2OPSi. The first-order valence-corrected chi connectivity index (χ1v) is 15.1. The van der Waals surface area contributed by atoms with Crippen LogP contribution in [0.5, 0.6) is 0 Å². The van der Waals surface area contributed by atoms with Gasteiger partial charge in [-0.25, -0.2) is 9.34 Å². The lowest BCUT2D eigenvalue weighted by molar-refractivity contribution is 0.229. The summed E-state index contributed by atoms with van der Waals surface area (Å²) in [6.07, 6.45) is 2.32. The van der Waals surface area contributed by atoms with Crippen molar-refractivity contribution in [3.63, 3.8) is 0 Å². The summed E-state index contributed by atoms with van der Waals surface area (Å²) in [5.74, 6) is 0.400. The van der Waals surface area contributed by atoms with Crippen LogP contribution in [-0.4, -0.2) is 41.6 Å². The van der Waals surface area contributed by atoms with Crippen LogP contribution in [0.4, 0.5) is 0 Å². The standard InChI is InChI=1S/C20H45N2OPSi/c1-15(2)14-20(25(11,12)13)24(23,21(16(3)4)17(5)6)22(18(7)8)19(9)10/h14-19H,1-13H3/b20-14-. The Morgan fingerprint density at radius 3 is 1.16 bits per heavy atom. The average molecular weight is 389 g/mol. The van der Waals surface area contributed by atoms with Gasteiger partial charge in [0.2, 0.25) is 7.44 Å². The van der Waals surface area contributed by atoms with Crippen molar-refractivity contribution in [3.05, 3.63) is 11.0 Å². The minimum absolute atomic E-state index is 0.234. The van der Waals surface area contributed by atoms with E-state index in [1.54, 1.807) is 0 Å². The Balaban J connectivity index is 6.95. The molecule has 0 radical (unpaired) electrons. The summed E-state index contributed by atoms with van der Waals surface area (Å²) in [6, 6.07) is 0.936. The summed E-state index contributed by atoms with van der Waals surface area (Å²) < 4.78 is 19.7. The Morgan fingerprint density at radius 2 is 1.00 bits per heavy atom. The molecule has 0 aromatic rings. The van der Waals surface area contributed by atoms with E-state index < -0.39 is 15.5 Å². The SMILES string of the molecule is CC(C)/C=C(\[Si](C)(C)C)P(=O)(N(C(C)C)C(C)C)N(C(C)C)C(C)C. The molecular weight excluding hydrogens is 343 g/mol. The van der Waals surface area contributed by atoms with Crippen LogP contribution in [0.15, 0.2) is 11.0 Å². The van der Waals surface area contributed by atoms with Crippen molar-refractivity contribution in [3.8, 4) is 0 Å². The lowest BCUT2D eigenvalue weighted by Gasteiger charge is -2.50. The van der Waals surface area contributed by atoms with E-state index in [0.29, 0.717) is 5.92 Å². The highest BCUT2D eigenvalue weighted by Gasteiger charge is 2.48. The van der Waals surface area contributed by atoms with Crippen molar-refractivity contribution < 1.29 is 4.57 Å². The second-order valence-corrected chi connectivity index (χ2v) is 17.7. The zero-order valence-corrected chi connectivity index (χ0v) is 21.1. The Bertz CT molecular complexity index is 450. The number of hydrogen-bond acceptors (Lipinski definition) is 1. The molecule has 150 valence electrons. The second kappa shape index (κ2) is 9.35. The summed E-state index contributed by atoms with van der Waals surface area (Å²) in [4.78, 5) is 1.24. The number of nitrogens with zero attached hydrogens (tertiary/aromatic N) is 2. The predicted molar refractivity (Wildman–Crippen MR) is 118 cm³/mol. The van der Waals surface area contributed by atoms with E-state index in [-0.39, 0.29) is 24.2 Å². The van der Waals surface area contributed by atoms with Crippen LogP contribution in [0, 0.1) is 5.92 Å². The molecule has 0 unspecified atom stereocenters. The first-order chi connectivity index (χ1) is 11.1. The third-order valence-corrected chi connectivity index (χ3v) is 12.8. The number of rotatable bonds is 9. The minimum Gasteiger partial charge on any atom is -0.284 e. The summed E-state index contributed by atoms with van der Waals surface area (Å²) in [6.45, 7) is 28.9. The van der Waals surface area contributed by atoms with Gasteiger partial charge >= 0.3 is 0 Å². The van der Waals surface area contributed by atoms with Crippen LogP contribution in [0.1, 0.15) is 69.2 Å². The maximum Gasteiger partial charge on any atom is 0.238 e. The van der Waals surface area contributed by atoms with Gasteiger partial charge in [-0.1, -0.05) is 39.6 Å². The molecule has 0 amide bonds. The Hall–Kier alpha value is 0.107. The molecule has 0 aliphatic carbocycles. The van der Waals surface area contributed by atoms with Crippen molar-refractivity contribution in [2.24, 2.45) is 5.92 Å². The number of hydrogen-bond donors (Lipinski definition) is 0. The van der Waals surface area contributed by atoms with Crippen molar-refractivity contribution in [1.82, 2.24) is 9.34 Å². The van der Waals surface area contributed by atoms with Gasteiger partial charge in [0.1, 0.15) is 0 Å². The smallest absolute Gasteiger partial charge is 0.238 e. The first kappa shape index (κ1) is 25.1. The van der Waals surface area contributed by atoms with E-state index in [9.17, 15) is 0 Å². The summed E-state index contributed by atoms with van der Waals surface area (Å²) in [5.41, 5.74) is 0. The van der Waals surface area contributed by atoms with Crippen LogP contribution in [0.2, 0.25) is 19.6 Å². The molecule has 0 heterocycles. The lowest BCUT2D eigenvalue weighted by atomic mass is 10.2. The van der Waals surface area contributed by atoms with Gasteiger partial charge in [-0.3, -0.25) is 4.57 Å². The molecule has 3 nitrogen and oxygen atoms in total. The third-order valence-electron chi connectivity index (χ3n) is 4.32. The highest BCUT2D eigenvalue weighted by Crippen LogP contribution is 2.66. The van der Waals surface area contributed by atoms with Crippen LogP contribution in [0.25, 0.3) is 0 Å². The third kappa shape index (κ3) is 6.06. The monoisotopic (exact) mass is 388 g/mol. The maximum atomic E-state index is 15.1. The van der Waals surface area contributed by atoms with E-state index >= 15 is 4.57 Å². The largest absolute Gasteiger partial charge is 0.284 e. The predicted octanol–water partition coefficient (Wildman–Crippen LogP) is 6.83. The molecule has 0 saturated carbocycles. The van der Waals surface area contributed by atoms with E-state index in [4.69, 9.17) is 0 Å². The quantitative estimate of drug-likeness (QED) is 0.319. The second-order valence-electron chi connectivity index (χ2n) is 9.72. The fourth-order valence-electron chi connectivity index (χ4n) is 3.91. The van der Waals surface area contributed by atoms with E-state index in [2.05, 4.69) is 104 Å². The molecule has 0 fully saturated rings. The number of allylic oxidation sites excluding steroid dienone is 1. The lowest BCUT2D eigenvalue weighted by Crippen LogP contribution is -2.48. The molecule has 0 aromatic carbocycles. The zero-order valence-electron chi connectivity index (χ0n) is 19.2. The molecule has 0 atom stereocenters. The topological polar surface area (TPSA) is 23.6 Å². The van der Waals surface area contributed by atoms with Crippen molar-refractivity contribution in [2.75, 3.05) is 0 Å². The van der Waals surface area contributed by atoms with Gasteiger partial charge in [-0.2, -0.15) is 0 Å². The summed E-state index contributed by atoms with van der Waals surface area (Å²) in [5, 5.41) is 0. The maximum absolute atomic E-state index is 15.1. The molecule has 0 N–H and O–H groups in total. The molecule has 0 rings (SSSR count). The molecule has 5 heteroatoms. The van der Waals surface area contributed by atoms with Crippen LogP contribution < -0.4 is 0 Å². The minimum atomic E-state index is -2.86. The Labute approximate surface area is 159 Å². The molecule has 0 aliphatic rings. The summed E-state index contributed by atoms with van der Waals surface area (Å²) in [7, 11) is -4.64. The van der Waals surface area contributed by atoms with E-state index in [0.717, 1.165) is 0 Å². The zero-order chi connectivity index (χ0) is 20.3.